The van der Waals surface area contributed by atoms with E-state index in [2.05, 4.69) is 0 Å². The Morgan fingerprint density at radius 1 is 0.500 bits per heavy atom. The Balaban J connectivity index is -0.0000000270. The first-order valence-electron chi connectivity index (χ1n) is 1.84. The zero-order valence-electron chi connectivity index (χ0n) is 6.33. The fourth-order valence-corrected chi connectivity index (χ4v) is 0. The molecule has 0 aromatic heterocycles. The van der Waals surface area contributed by atoms with Gasteiger partial charge in [0.15, 0.2) is 0 Å². The van der Waals surface area contributed by atoms with Crippen molar-refractivity contribution in [2.45, 2.75) is 0 Å². The van der Waals surface area contributed by atoms with Crippen molar-refractivity contribution in [2.24, 2.45) is 0 Å². The van der Waals surface area contributed by atoms with Crippen molar-refractivity contribution < 1.29 is 36.1 Å². The summed E-state index contributed by atoms with van der Waals surface area (Å²) in [7, 11) is 0. The van der Waals surface area contributed by atoms with Gasteiger partial charge in [-0.25, -0.2) is 0 Å². The SMILES string of the molecule is [Al+3].[Al+3].[O]=[Ge]([O-])[O-].[O]=[Ge]([O-])[O-].[O]=[Ge]([O-])[O-]. The van der Waals surface area contributed by atoms with Gasteiger partial charge >= 0.3 is 116 Å². The summed E-state index contributed by atoms with van der Waals surface area (Å²) in [6.45, 7) is 0. The Bertz CT molecular complexity index is 116. The molecule has 0 atom stereocenters. The van der Waals surface area contributed by atoms with Crippen LogP contribution in [0.2, 0.25) is 0 Å². The molecule has 72 valence electrons. The molecule has 0 amide bonds. The van der Waals surface area contributed by atoms with E-state index in [0.717, 1.165) is 0 Å². The van der Waals surface area contributed by atoms with E-state index < -0.39 is 44.9 Å². The van der Waals surface area contributed by atoms with Gasteiger partial charge in [-0.05, 0) is 0 Å². The molecule has 0 aliphatic carbocycles. The van der Waals surface area contributed by atoms with Crippen LogP contribution in [0.25, 0.3) is 0 Å². The van der Waals surface area contributed by atoms with Crippen molar-refractivity contribution in [1.82, 2.24) is 0 Å². The van der Waals surface area contributed by atoms with E-state index in [4.69, 9.17) is 36.1 Å². The standard InChI is InChI=1S/2Al.3GeO3/c;;3*2-1(3)4/q2*+3;3*-2. The Kier molecular flexibility index (Phi) is 49.5. The third kappa shape index (κ3) is 2280. The number of hydrogen-bond donors (Lipinski definition) is 0. The monoisotopic (exact) mass is 420 g/mol. The Hall–Kier alpha value is 0.894. The van der Waals surface area contributed by atoms with E-state index in [9.17, 15) is 0 Å². The van der Waals surface area contributed by atoms with Crippen molar-refractivity contribution in [3.63, 3.8) is 0 Å². The molecule has 14 heteroatoms. The Morgan fingerprint density at radius 3 is 0.500 bits per heavy atom. The maximum atomic E-state index is 8.58. The fourth-order valence-electron chi connectivity index (χ4n) is 0. The van der Waals surface area contributed by atoms with Crippen LogP contribution in [0.1, 0.15) is 0 Å². The van der Waals surface area contributed by atoms with Crippen molar-refractivity contribution >= 4 is 79.6 Å². The van der Waals surface area contributed by atoms with E-state index >= 15 is 0 Å². The molecule has 0 spiro atoms. The third-order valence-corrected chi connectivity index (χ3v) is 0. The second-order valence-electron chi connectivity index (χ2n) is 0.750. The molecule has 0 radical (unpaired) electrons. The number of rotatable bonds is 0. The summed E-state index contributed by atoms with van der Waals surface area (Å²) in [6.07, 6.45) is 0. The van der Waals surface area contributed by atoms with E-state index in [1.54, 1.807) is 0 Å². The van der Waals surface area contributed by atoms with Gasteiger partial charge < -0.3 is 0 Å². The van der Waals surface area contributed by atoms with Crippen LogP contribution < -0.4 is 24.8 Å². The summed E-state index contributed by atoms with van der Waals surface area (Å²) in [5, 5.41) is 0. The van der Waals surface area contributed by atoms with Gasteiger partial charge in [0.25, 0.3) is 0 Å². The van der Waals surface area contributed by atoms with Gasteiger partial charge in [0.05, 0.1) is 0 Å². The van der Waals surface area contributed by atoms with Gasteiger partial charge in [0, 0.05) is 0 Å². The molecule has 0 saturated heterocycles. The third-order valence-electron chi connectivity index (χ3n) is 0. The molecule has 0 aliphatic heterocycles. The van der Waals surface area contributed by atoms with Crippen LogP contribution in [0.5, 0.6) is 0 Å². The normalized spacial score (nSPS) is 5.14. The molecule has 0 rings (SSSR count). The molecule has 0 aromatic carbocycles. The van der Waals surface area contributed by atoms with Crippen LogP contribution in [0.4, 0.5) is 0 Å². The minimum absolute atomic E-state index is 0. The first kappa shape index (κ1) is 29.4. The molecule has 9 nitrogen and oxygen atoms in total. The molecule has 0 bridgehead atoms. The van der Waals surface area contributed by atoms with Crippen LogP contribution in [-0.4, -0.2) is 79.6 Å². The zero-order chi connectivity index (χ0) is 10.7. The van der Waals surface area contributed by atoms with Crippen LogP contribution in [-0.2, 0) is 11.3 Å². The van der Waals surface area contributed by atoms with Gasteiger partial charge in [-0.2, -0.15) is 0 Å². The summed E-state index contributed by atoms with van der Waals surface area (Å²) in [5.74, 6) is 0. The Labute approximate surface area is 115 Å². The summed E-state index contributed by atoms with van der Waals surface area (Å²) in [4.78, 5) is 0. The van der Waals surface area contributed by atoms with Crippen molar-refractivity contribution in [1.29, 1.82) is 0 Å². The second-order valence-corrected chi connectivity index (χ2v) is 3.90. The van der Waals surface area contributed by atoms with E-state index in [1.165, 1.54) is 0 Å². The van der Waals surface area contributed by atoms with Gasteiger partial charge in [-0.3, -0.25) is 0 Å². The summed E-state index contributed by atoms with van der Waals surface area (Å²) in [6, 6.07) is 0. The molecular weight excluding hydrogens is 416 g/mol. The maximum absolute atomic E-state index is 8.58. The number of hydrogen-bond acceptors (Lipinski definition) is 9. The topological polar surface area (TPSA) is 190 Å². The molecule has 14 heavy (non-hydrogen) atoms. The van der Waals surface area contributed by atoms with Gasteiger partial charge in [-0.15, -0.1) is 0 Å². The van der Waals surface area contributed by atoms with E-state index in [0.29, 0.717) is 0 Å². The average Bonchev–Trinajstić information content (AvgIpc) is 1.54. The molecule has 0 saturated carbocycles. The Morgan fingerprint density at radius 2 is 0.500 bits per heavy atom. The molecule has 0 aliphatic rings. The van der Waals surface area contributed by atoms with Gasteiger partial charge in [-0.1, -0.05) is 0 Å². The van der Waals surface area contributed by atoms with Crippen molar-refractivity contribution in [3.8, 4) is 0 Å². The predicted octanol–water partition coefficient (Wildman–Crippen LogP) is -9.39. The van der Waals surface area contributed by atoms with E-state index in [-0.39, 0.29) is 34.7 Å². The molecule has 0 heterocycles. The average molecular weight is 416 g/mol. The molecule has 0 fully saturated rings. The van der Waals surface area contributed by atoms with Gasteiger partial charge in [0.2, 0.25) is 0 Å². The second kappa shape index (κ2) is 23.6. The summed E-state index contributed by atoms with van der Waals surface area (Å²) in [5.41, 5.74) is 0. The van der Waals surface area contributed by atoms with E-state index in [1.807, 2.05) is 0 Å². The first-order valence-corrected chi connectivity index (χ1v) is 9.55. The zero-order valence-corrected chi connectivity index (χ0v) is 14.9. The molecule has 0 aromatic rings. The minimum atomic E-state index is -4.08. The van der Waals surface area contributed by atoms with Crippen LogP contribution >= 0.6 is 0 Å². The quantitative estimate of drug-likeness (QED) is 0.345. The van der Waals surface area contributed by atoms with Crippen LogP contribution in [0, 0.1) is 0 Å². The molecule has 0 unspecified atom stereocenters. The molecule has 0 N–H and O–H groups in total. The summed E-state index contributed by atoms with van der Waals surface area (Å²) < 4.78 is 77.2. The molecular formula is Al2Ge3O9. The fraction of sp³-hybridized carbons (Fsp3) is 0. The van der Waals surface area contributed by atoms with Crippen molar-refractivity contribution in [3.05, 3.63) is 0 Å². The first-order chi connectivity index (χ1) is 5.20. The van der Waals surface area contributed by atoms with Crippen molar-refractivity contribution in [2.75, 3.05) is 0 Å². The van der Waals surface area contributed by atoms with Crippen LogP contribution in [0.15, 0.2) is 0 Å². The van der Waals surface area contributed by atoms with Crippen LogP contribution in [0.3, 0.4) is 0 Å². The predicted molar refractivity (Wildman–Crippen MR) is 30.8 cm³/mol. The summed E-state index contributed by atoms with van der Waals surface area (Å²) >= 11 is -12.2. The van der Waals surface area contributed by atoms with Gasteiger partial charge in [0.1, 0.15) is 0 Å².